The van der Waals surface area contributed by atoms with Gasteiger partial charge in [-0.15, -0.1) is 0 Å². The third kappa shape index (κ3) is 2.53. The average Bonchev–Trinajstić information content (AvgIpc) is 3.32. The first-order valence-corrected chi connectivity index (χ1v) is 21.9. The molecular weight excluding hydrogens is 789 g/mol. The summed E-state index contributed by atoms with van der Waals surface area (Å²) < 4.78 is 30.4. The van der Waals surface area contributed by atoms with E-state index in [-0.39, 0.29) is 31.6 Å². The van der Waals surface area contributed by atoms with Gasteiger partial charge in [-0.3, -0.25) is 0 Å². The zero-order valence-electron chi connectivity index (χ0n) is 20.1. The van der Waals surface area contributed by atoms with E-state index < -0.39 is 19.7 Å². The fourth-order valence-electron chi connectivity index (χ4n) is 6.38. The Hall–Kier alpha value is -2.86. The topological polar surface area (TPSA) is 40.2 Å². The number of ether oxygens (including phenoxy) is 2. The molecular formula is C30H14BiCl4NO4. The van der Waals surface area contributed by atoms with Crippen molar-refractivity contribution in [2.75, 3.05) is 4.90 Å². The van der Waals surface area contributed by atoms with Crippen LogP contribution in [0, 0.1) is 0 Å². The van der Waals surface area contributed by atoms with Crippen molar-refractivity contribution in [3.63, 3.8) is 0 Å². The van der Waals surface area contributed by atoms with Crippen LogP contribution < -0.4 is 29.8 Å². The van der Waals surface area contributed by atoms with Crippen LogP contribution in [-0.4, -0.2) is 19.7 Å². The number of hydrogen-bond acceptors (Lipinski definition) is 5. The van der Waals surface area contributed by atoms with Gasteiger partial charge in [-0.05, 0) is 0 Å². The summed E-state index contributed by atoms with van der Waals surface area (Å²) in [5.41, 5.74) is 2.71. The van der Waals surface area contributed by atoms with E-state index in [1.165, 1.54) is 0 Å². The third-order valence-electron chi connectivity index (χ3n) is 7.79. The Labute approximate surface area is 250 Å². The molecule has 4 aliphatic rings. The van der Waals surface area contributed by atoms with Gasteiger partial charge in [0.25, 0.3) is 0 Å². The summed E-state index contributed by atoms with van der Waals surface area (Å²) in [6.07, 6.45) is 0. The van der Waals surface area contributed by atoms with Crippen LogP contribution in [0.4, 0.5) is 17.1 Å². The van der Waals surface area contributed by atoms with E-state index in [9.17, 15) is 0 Å². The summed E-state index contributed by atoms with van der Waals surface area (Å²) in [4.78, 5) is 2.19. The second-order valence-corrected chi connectivity index (χ2v) is 25.4. The number of rotatable bonds is 1. The number of para-hydroxylation sites is 1. The molecule has 0 N–H and O–H groups in total. The predicted octanol–water partition coefficient (Wildman–Crippen LogP) is 8.18. The van der Waals surface area contributed by atoms with Crippen LogP contribution in [0.3, 0.4) is 0 Å². The summed E-state index contributed by atoms with van der Waals surface area (Å²) >= 11 is 20.9. The second kappa shape index (κ2) is 7.70. The first-order chi connectivity index (χ1) is 19.4. The number of anilines is 3. The molecule has 5 aromatic carbocycles. The maximum atomic E-state index is 7.38. The molecule has 10 heteroatoms. The van der Waals surface area contributed by atoms with Gasteiger partial charge in [0, 0.05) is 0 Å². The number of fused-ring (bicyclic) bond motifs is 1. The van der Waals surface area contributed by atoms with Crippen LogP contribution in [-0.2, 0) is 0 Å². The van der Waals surface area contributed by atoms with Gasteiger partial charge in [-0.25, -0.2) is 0 Å². The van der Waals surface area contributed by atoms with Gasteiger partial charge in [-0.2, -0.15) is 0 Å². The summed E-state index contributed by atoms with van der Waals surface area (Å²) in [6.45, 7) is 0. The van der Waals surface area contributed by atoms with Crippen molar-refractivity contribution in [1.29, 1.82) is 0 Å². The second-order valence-electron chi connectivity index (χ2n) is 9.78. The summed E-state index contributed by atoms with van der Waals surface area (Å²) in [6, 6.07) is 27.8. The molecule has 40 heavy (non-hydrogen) atoms. The third-order valence-corrected chi connectivity index (χ3v) is 28.4. The van der Waals surface area contributed by atoms with Crippen molar-refractivity contribution < 1.29 is 15.1 Å². The molecule has 0 saturated carbocycles. The van der Waals surface area contributed by atoms with E-state index in [0.29, 0.717) is 23.0 Å². The zero-order valence-corrected chi connectivity index (χ0v) is 26.6. The van der Waals surface area contributed by atoms with Crippen LogP contribution in [0.15, 0.2) is 84.9 Å². The molecule has 9 rings (SSSR count). The van der Waals surface area contributed by atoms with E-state index in [1.54, 1.807) is 0 Å². The molecule has 0 saturated heterocycles. The Balaban J connectivity index is 1.53. The predicted molar refractivity (Wildman–Crippen MR) is 160 cm³/mol. The fourth-order valence-corrected chi connectivity index (χ4v) is 29.4. The molecule has 0 unspecified atom stereocenters. The van der Waals surface area contributed by atoms with E-state index >= 15 is 0 Å². The van der Waals surface area contributed by atoms with Crippen LogP contribution in [0.2, 0.25) is 20.1 Å². The quantitative estimate of drug-likeness (QED) is 0.0954. The fraction of sp³-hybridized carbons (Fsp3) is 0. The van der Waals surface area contributed by atoms with Gasteiger partial charge in [0.1, 0.15) is 0 Å². The van der Waals surface area contributed by atoms with E-state index in [0.717, 1.165) is 26.9 Å². The van der Waals surface area contributed by atoms with Gasteiger partial charge in [0.2, 0.25) is 0 Å². The van der Waals surface area contributed by atoms with Gasteiger partial charge in [-0.1, -0.05) is 0 Å². The molecule has 0 atom stereocenters. The molecule has 0 radical (unpaired) electrons. The molecule has 0 bridgehead atoms. The van der Waals surface area contributed by atoms with E-state index in [1.807, 2.05) is 60.7 Å². The molecule has 196 valence electrons. The van der Waals surface area contributed by atoms with Crippen molar-refractivity contribution in [2.24, 2.45) is 0 Å². The average molecular weight is 803 g/mol. The first kappa shape index (κ1) is 23.8. The maximum absolute atomic E-state index is 7.38. The van der Waals surface area contributed by atoms with Gasteiger partial charge in [0.15, 0.2) is 0 Å². The minimum atomic E-state index is -5.88. The van der Waals surface area contributed by atoms with E-state index in [2.05, 4.69) is 29.2 Å². The SMILES string of the molecule is Clc1c(Cl)c(Cl)c2c(c1Cl)[O][Bi]13([O]2)[c]2c4cccc2Oc2cccc([c]21)N(c1ccccc1)c1cccc([c]13)O4. The molecule has 5 nitrogen and oxygen atoms in total. The van der Waals surface area contributed by atoms with Crippen LogP contribution >= 0.6 is 46.4 Å². The molecule has 4 aliphatic heterocycles. The Kier molecular flexibility index (Phi) is 4.58. The van der Waals surface area contributed by atoms with Crippen molar-refractivity contribution in [3.05, 3.63) is 105 Å². The summed E-state index contributed by atoms with van der Waals surface area (Å²) in [5.74, 6) is 3.01. The Morgan fingerprint density at radius 3 is 1.43 bits per heavy atom. The molecule has 5 aromatic rings. The zero-order chi connectivity index (χ0) is 27.0. The molecule has 0 amide bonds. The summed E-state index contributed by atoms with van der Waals surface area (Å²) in [5, 5.41) is 0.499. The summed E-state index contributed by atoms with van der Waals surface area (Å²) in [7, 11) is 0. The van der Waals surface area contributed by atoms with Gasteiger partial charge in [0.05, 0.1) is 0 Å². The van der Waals surface area contributed by atoms with Crippen molar-refractivity contribution in [3.8, 4) is 34.5 Å². The standard InChI is InChI=1S/C24H14NO2.C6H2Cl4O2.Bi/c1-2-7-18(8-3-1)25-19-9-4-11-21(15-19)26-23-13-6-14-24(17-23)27-22-12-5-10-20(25)16-22;7-1-2(8)4(10)6(12)5(11)3(1)9;/h1-14H;11-12H;/q;;+2/p-2. The number of benzene rings is 5. The van der Waals surface area contributed by atoms with Crippen molar-refractivity contribution >= 4 is 92.9 Å². The Morgan fingerprint density at radius 1 is 0.475 bits per heavy atom. The normalized spacial score (nSPS) is 17.8. The number of nitrogens with zero attached hydrogens (tertiary/aromatic N) is 1. The molecule has 4 heterocycles. The van der Waals surface area contributed by atoms with Gasteiger partial charge < -0.3 is 0 Å². The Morgan fingerprint density at radius 2 is 0.925 bits per heavy atom. The van der Waals surface area contributed by atoms with Crippen LogP contribution in [0.1, 0.15) is 0 Å². The van der Waals surface area contributed by atoms with Crippen LogP contribution in [0.25, 0.3) is 0 Å². The van der Waals surface area contributed by atoms with Crippen molar-refractivity contribution in [2.45, 2.75) is 0 Å². The monoisotopic (exact) mass is 801 g/mol. The molecule has 0 fully saturated rings. The van der Waals surface area contributed by atoms with E-state index in [4.69, 9.17) is 61.5 Å². The molecule has 0 aliphatic carbocycles. The first-order valence-electron chi connectivity index (χ1n) is 12.3. The minimum absolute atomic E-state index is 0.105. The molecule has 1 spiro atoms. The van der Waals surface area contributed by atoms with Crippen LogP contribution in [0.5, 0.6) is 34.5 Å². The van der Waals surface area contributed by atoms with Gasteiger partial charge >= 0.3 is 252 Å². The number of halogens is 4. The number of hydrogen-bond donors (Lipinski definition) is 0. The Bertz CT molecular complexity index is 1880. The van der Waals surface area contributed by atoms with Crippen molar-refractivity contribution in [1.82, 2.24) is 0 Å². The molecule has 0 aromatic heterocycles.